The number of hydrogen-bond acceptors (Lipinski definition) is 0. The van der Waals surface area contributed by atoms with E-state index in [0.29, 0.717) is 24.3 Å². The van der Waals surface area contributed by atoms with Gasteiger partial charge in [0.15, 0.2) is 0 Å². The molecule has 0 nitrogen and oxygen atoms in total. The van der Waals surface area contributed by atoms with E-state index in [0.717, 1.165) is 49.8 Å². The standard InChI is InChI=1S/C25H25F5/c1-2-3-4-15-5-9-20-17(11-15)6-7-18-12-16(8-10-21(18)20)19-13-22(26)24(23(27)14-19)25(28,29)30/h3-4,6-7,13-16H,2,5,8-12H2,1H3/b4-3+. The molecule has 4 rings (SSSR count). The van der Waals surface area contributed by atoms with E-state index in [4.69, 9.17) is 0 Å². The van der Waals surface area contributed by atoms with Gasteiger partial charge in [0, 0.05) is 0 Å². The van der Waals surface area contributed by atoms with Crippen molar-refractivity contribution in [2.24, 2.45) is 5.92 Å². The normalized spacial score (nSPS) is 21.5. The number of benzene rings is 2. The van der Waals surface area contributed by atoms with Crippen molar-refractivity contribution in [1.29, 1.82) is 0 Å². The summed E-state index contributed by atoms with van der Waals surface area (Å²) >= 11 is 0. The van der Waals surface area contributed by atoms with E-state index >= 15 is 0 Å². The predicted molar refractivity (Wildman–Crippen MR) is 108 cm³/mol. The average Bonchev–Trinajstić information content (AvgIpc) is 2.69. The Balaban J connectivity index is 1.58. The summed E-state index contributed by atoms with van der Waals surface area (Å²) in [4.78, 5) is 0. The van der Waals surface area contributed by atoms with Crippen molar-refractivity contribution in [2.75, 3.05) is 0 Å². The van der Waals surface area contributed by atoms with Gasteiger partial charge in [0.2, 0.25) is 0 Å². The summed E-state index contributed by atoms with van der Waals surface area (Å²) in [6, 6.07) is 5.99. The molecule has 2 aromatic rings. The van der Waals surface area contributed by atoms with Crippen molar-refractivity contribution < 1.29 is 22.0 Å². The maximum absolute atomic E-state index is 14.0. The highest BCUT2D eigenvalue weighted by Crippen LogP contribution is 2.40. The Hall–Kier alpha value is -2.17. The quantitative estimate of drug-likeness (QED) is 0.360. The van der Waals surface area contributed by atoms with Crippen LogP contribution in [0.3, 0.4) is 0 Å². The highest BCUT2D eigenvalue weighted by atomic mass is 19.4. The van der Waals surface area contributed by atoms with Gasteiger partial charge in [-0.2, -0.15) is 13.2 Å². The lowest BCUT2D eigenvalue weighted by Gasteiger charge is -2.31. The fourth-order valence-electron chi connectivity index (χ4n) is 5.07. The Kier molecular flexibility index (Phi) is 5.73. The first-order valence-corrected chi connectivity index (χ1v) is 10.6. The third-order valence-corrected chi connectivity index (χ3v) is 6.54. The minimum atomic E-state index is -5.03. The second kappa shape index (κ2) is 8.16. The molecule has 30 heavy (non-hydrogen) atoms. The molecular weight excluding hydrogens is 395 g/mol. The van der Waals surface area contributed by atoms with Crippen molar-refractivity contribution in [1.82, 2.24) is 0 Å². The zero-order valence-electron chi connectivity index (χ0n) is 17.0. The van der Waals surface area contributed by atoms with Crippen molar-refractivity contribution >= 4 is 0 Å². The fraction of sp³-hybridized carbons (Fsp3) is 0.440. The van der Waals surface area contributed by atoms with Crippen LogP contribution in [-0.2, 0) is 31.9 Å². The van der Waals surface area contributed by atoms with Crippen molar-refractivity contribution in [2.45, 2.75) is 64.0 Å². The molecule has 0 spiro atoms. The van der Waals surface area contributed by atoms with Crippen LogP contribution < -0.4 is 0 Å². The highest BCUT2D eigenvalue weighted by molar-refractivity contribution is 5.46. The monoisotopic (exact) mass is 420 g/mol. The van der Waals surface area contributed by atoms with Gasteiger partial charge in [0.05, 0.1) is 0 Å². The SMILES string of the molecule is CC/C=C/C1CCc2c(ccc3c2CCC(c2cc(F)c(C(F)(F)F)c(F)c2)C3)C1. The minimum Gasteiger partial charge on any atom is -0.206 e. The van der Waals surface area contributed by atoms with E-state index in [1.165, 1.54) is 16.7 Å². The zero-order valence-corrected chi connectivity index (χ0v) is 17.0. The van der Waals surface area contributed by atoms with E-state index in [-0.39, 0.29) is 5.92 Å². The summed E-state index contributed by atoms with van der Waals surface area (Å²) in [6.45, 7) is 2.13. The second-order valence-corrected chi connectivity index (χ2v) is 8.48. The molecule has 2 aromatic carbocycles. The molecule has 2 atom stereocenters. The Bertz CT molecular complexity index is 947. The summed E-state index contributed by atoms with van der Waals surface area (Å²) in [5.41, 5.74) is 3.81. The third kappa shape index (κ3) is 4.03. The smallest absolute Gasteiger partial charge is 0.206 e. The van der Waals surface area contributed by atoms with Gasteiger partial charge in [0.1, 0.15) is 17.2 Å². The molecule has 2 unspecified atom stereocenters. The molecule has 0 radical (unpaired) electrons. The lowest BCUT2D eigenvalue weighted by molar-refractivity contribution is -0.142. The third-order valence-electron chi connectivity index (χ3n) is 6.54. The summed E-state index contributed by atoms with van der Waals surface area (Å²) < 4.78 is 66.6. The lowest BCUT2D eigenvalue weighted by Crippen LogP contribution is -2.20. The largest absolute Gasteiger partial charge is 0.422 e. The number of rotatable bonds is 3. The minimum absolute atomic E-state index is 0.175. The highest BCUT2D eigenvalue weighted by Gasteiger charge is 2.38. The van der Waals surface area contributed by atoms with Crippen LogP contribution in [0.1, 0.15) is 65.5 Å². The van der Waals surface area contributed by atoms with Gasteiger partial charge in [-0.1, -0.05) is 31.2 Å². The predicted octanol–water partition coefficient (Wildman–Crippen LogP) is 7.33. The topological polar surface area (TPSA) is 0 Å². The molecule has 0 N–H and O–H groups in total. The van der Waals surface area contributed by atoms with Gasteiger partial charge in [-0.25, -0.2) is 8.78 Å². The van der Waals surface area contributed by atoms with Crippen LogP contribution in [0, 0.1) is 17.6 Å². The number of halogens is 5. The fourth-order valence-corrected chi connectivity index (χ4v) is 5.07. The number of hydrogen-bond donors (Lipinski definition) is 0. The molecular formula is C25H25F5. The first-order valence-electron chi connectivity index (χ1n) is 10.6. The van der Waals surface area contributed by atoms with Crippen LogP contribution in [0.2, 0.25) is 0 Å². The Morgan fingerprint density at radius 3 is 2.13 bits per heavy atom. The molecule has 2 aliphatic carbocycles. The summed E-state index contributed by atoms with van der Waals surface area (Å²) in [6.07, 6.45) is 5.83. The van der Waals surface area contributed by atoms with Gasteiger partial charge >= 0.3 is 6.18 Å². The van der Waals surface area contributed by atoms with E-state index in [1.807, 2.05) is 0 Å². The van der Waals surface area contributed by atoms with Crippen LogP contribution in [0.4, 0.5) is 22.0 Å². The Morgan fingerprint density at radius 1 is 0.933 bits per heavy atom. The van der Waals surface area contributed by atoms with Crippen LogP contribution in [0.25, 0.3) is 0 Å². The summed E-state index contributed by atoms with van der Waals surface area (Å²) in [5, 5.41) is 0. The molecule has 160 valence electrons. The average molecular weight is 420 g/mol. The molecule has 0 heterocycles. The lowest BCUT2D eigenvalue weighted by atomic mass is 9.73. The molecule has 0 saturated heterocycles. The molecule has 0 fully saturated rings. The molecule has 0 saturated carbocycles. The van der Waals surface area contributed by atoms with Gasteiger partial charge < -0.3 is 0 Å². The van der Waals surface area contributed by atoms with Gasteiger partial charge in [0.25, 0.3) is 0 Å². The van der Waals surface area contributed by atoms with Crippen LogP contribution >= 0.6 is 0 Å². The first-order chi connectivity index (χ1) is 14.3. The number of allylic oxidation sites excluding steroid dienone is 2. The number of alkyl halides is 3. The maximum Gasteiger partial charge on any atom is 0.422 e. The summed E-state index contributed by atoms with van der Waals surface area (Å²) in [7, 11) is 0. The Morgan fingerprint density at radius 2 is 1.53 bits per heavy atom. The van der Waals surface area contributed by atoms with Crippen LogP contribution in [0.15, 0.2) is 36.4 Å². The molecule has 0 aliphatic heterocycles. The van der Waals surface area contributed by atoms with Crippen LogP contribution in [0.5, 0.6) is 0 Å². The van der Waals surface area contributed by atoms with Gasteiger partial charge in [-0.15, -0.1) is 0 Å². The van der Waals surface area contributed by atoms with E-state index in [1.54, 1.807) is 0 Å². The molecule has 0 aromatic heterocycles. The van der Waals surface area contributed by atoms with Gasteiger partial charge in [-0.3, -0.25) is 0 Å². The van der Waals surface area contributed by atoms with E-state index < -0.39 is 23.4 Å². The van der Waals surface area contributed by atoms with E-state index in [9.17, 15) is 22.0 Å². The zero-order chi connectivity index (χ0) is 21.5. The summed E-state index contributed by atoms with van der Waals surface area (Å²) in [5.74, 6) is -2.66. The van der Waals surface area contributed by atoms with E-state index in [2.05, 4.69) is 31.2 Å². The van der Waals surface area contributed by atoms with Crippen LogP contribution in [-0.4, -0.2) is 0 Å². The Labute approximate surface area is 173 Å². The molecule has 0 amide bonds. The van der Waals surface area contributed by atoms with Crippen molar-refractivity contribution in [3.8, 4) is 0 Å². The molecule has 5 heteroatoms. The second-order valence-electron chi connectivity index (χ2n) is 8.48. The van der Waals surface area contributed by atoms with Crippen molar-refractivity contribution in [3.63, 3.8) is 0 Å². The molecule has 2 aliphatic rings. The number of fused-ring (bicyclic) bond motifs is 3. The van der Waals surface area contributed by atoms with Gasteiger partial charge in [-0.05, 0) is 96.7 Å². The maximum atomic E-state index is 14.0. The first kappa shape index (κ1) is 21.1. The molecule has 0 bridgehead atoms. The van der Waals surface area contributed by atoms with Crippen molar-refractivity contribution in [3.05, 3.63) is 81.4 Å².